The Morgan fingerprint density at radius 3 is 2.33 bits per heavy atom. The summed E-state index contributed by atoms with van der Waals surface area (Å²) in [6.45, 7) is 6.75. The lowest BCUT2D eigenvalue weighted by Crippen LogP contribution is -2.27. The maximum atomic E-state index is 12.8. The van der Waals surface area contributed by atoms with Crippen molar-refractivity contribution < 1.29 is 13.9 Å². The Morgan fingerprint density at radius 1 is 0.879 bits per heavy atom. The molecule has 2 atom stereocenters. The van der Waals surface area contributed by atoms with Gasteiger partial charge in [0.2, 0.25) is 0 Å². The molecule has 0 aliphatic rings. The molecular formula is C29H31NO3. The van der Waals surface area contributed by atoms with Gasteiger partial charge in [-0.1, -0.05) is 75.4 Å². The molecule has 4 aromatic rings. The van der Waals surface area contributed by atoms with E-state index in [1.807, 2.05) is 30.3 Å². The van der Waals surface area contributed by atoms with E-state index >= 15 is 0 Å². The standard InChI is InChI=1S/C29H31NO3/c1-4-20(3)21-10-12-23(13-11-21)27(5-2)30-29(31)28-17-16-26(33-28)19-32-25-15-14-22-8-6-7-9-24(22)18-25/h6-18,20,27H,4-5,19H2,1-3H3,(H,30,31). The van der Waals surface area contributed by atoms with Crippen LogP contribution in [0.1, 0.15) is 73.0 Å². The van der Waals surface area contributed by atoms with Crippen LogP contribution >= 0.6 is 0 Å². The van der Waals surface area contributed by atoms with Crippen LogP contribution in [0.15, 0.2) is 83.3 Å². The molecule has 0 radical (unpaired) electrons. The topological polar surface area (TPSA) is 51.5 Å². The Morgan fingerprint density at radius 2 is 1.61 bits per heavy atom. The lowest BCUT2D eigenvalue weighted by atomic mass is 9.95. The zero-order valence-corrected chi connectivity index (χ0v) is 19.5. The van der Waals surface area contributed by atoms with Gasteiger partial charge in [-0.15, -0.1) is 0 Å². The summed E-state index contributed by atoms with van der Waals surface area (Å²) in [6.07, 6.45) is 1.91. The van der Waals surface area contributed by atoms with Crippen molar-refractivity contribution in [2.24, 2.45) is 0 Å². The zero-order valence-electron chi connectivity index (χ0n) is 19.5. The highest BCUT2D eigenvalue weighted by atomic mass is 16.5. The van der Waals surface area contributed by atoms with Gasteiger partial charge >= 0.3 is 0 Å². The molecule has 3 aromatic carbocycles. The molecule has 4 rings (SSSR count). The van der Waals surface area contributed by atoms with Crippen LogP contribution in [0.25, 0.3) is 10.8 Å². The van der Waals surface area contributed by atoms with E-state index in [-0.39, 0.29) is 18.6 Å². The number of hydrogen-bond donors (Lipinski definition) is 1. The van der Waals surface area contributed by atoms with Gasteiger partial charge in [0.05, 0.1) is 6.04 Å². The number of carbonyl (C=O) groups is 1. The Hall–Kier alpha value is -3.53. The van der Waals surface area contributed by atoms with E-state index in [2.05, 4.69) is 62.5 Å². The fourth-order valence-electron chi connectivity index (χ4n) is 3.93. The largest absolute Gasteiger partial charge is 0.486 e. The Bertz CT molecular complexity index is 1210. The second kappa shape index (κ2) is 10.4. The van der Waals surface area contributed by atoms with Gasteiger partial charge in [-0.2, -0.15) is 0 Å². The minimum atomic E-state index is -0.218. The zero-order chi connectivity index (χ0) is 23.2. The van der Waals surface area contributed by atoms with Crippen LogP contribution in [0.4, 0.5) is 0 Å². The quantitative estimate of drug-likeness (QED) is 0.294. The van der Waals surface area contributed by atoms with Gasteiger partial charge in [-0.25, -0.2) is 0 Å². The number of benzene rings is 3. The molecule has 1 amide bonds. The molecule has 4 heteroatoms. The Kier molecular flexibility index (Phi) is 7.13. The fourth-order valence-corrected chi connectivity index (χ4v) is 3.93. The Labute approximate surface area is 195 Å². The van der Waals surface area contributed by atoms with Crippen LogP contribution in [0, 0.1) is 0 Å². The van der Waals surface area contributed by atoms with Crippen LogP contribution < -0.4 is 10.1 Å². The second-order valence-electron chi connectivity index (χ2n) is 8.47. The van der Waals surface area contributed by atoms with E-state index in [1.54, 1.807) is 12.1 Å². The minimum Gasteiger partial charge on any atom is -0.486 e. The Balaban J connectivity index is 1.37. The molecule has 170 valence electrons. The number of rotatable bonds is 9. The van der Waals surface area contributed by atoms with E-state index < -0.39 is 0 Å². The maximum Gasteiger partial charge on any atom is 0.287 e. The smallest absolute Gasteiger partial charge is 0.287 e. The van der Waals surface area contributed by atoms with Crippen molar-refractivity contribution in [2.45, 2.75) is 52.2 Å². The van der Waals surface area contributed by atoms with Crippen LogP contribution in [0.5, 0.6) is 5.75 Å². The molecule has 1 aromatic heterocycles. The van der Waals surface area contributed by atoms with Gasteiger partial charge in [-0.3, -0.25) is 4.79 Å². The number of furan rings is 1. The molecule has 0 aliphatic carbocycles. The molecule has 0 bridgehead atoms. The van der Waals surface area contributed by atoms with Crippen molar-refractivity contribution in [3.05, 3.63) is 102 Å². The van der Waals surface area contributed by atoms with Crippen LogP contribution in [0.2, 0.25) is 0 Å². The fraction of sp³-hybridized carbons (Fsp3) is 0.276. The summed E-state index contributed by atoms with van der Waals surface area (Å²) in [5, 5.41) is 5.39. The van der Waals surface area contributed by atoms with Crippen molar-refractivity contribution in [1.29, 1.82) is 0 Å². The van der Waals surface area contributed by atoms with Crippen LogP contribution in [0.3, 0.4) is 0 Å². The summed E-state index contributed by atoms with van der Waals surface area (Å²) < 4.78 is 11.6. The first-order chi connectivity index (χ1) is 16.1. The molecule has 4 nitrogen and oxygen atoms in total. The summed E-state index contributed by atoms with van der Waals surface area (Å²) in [6, 6.07) is 26.1. The number of ether oxygens (including phenoxy) is 1. The highest BCUT2D eigenvalue weighted by Gasteiger charge is 2.17. The van der Waals surface area contributed by atoms with Gasteiger partial charge in [0.15, 0.2) is 5.76 Å². The molecule has 0 fully saturated rings. The molecule has 0 saturated heterocycles. The predicted molar refractivity (Wildman–Crippen MR) is 133 cm³/mol. The third-order valence-corrected chi connectivity index (χ3v) is 6.22. The maximum absolute atomic E-state index is 12.8. The molecule has 1 N–H and O–H groups in total. The van der Waals surface area contributed by atoms with Gasteiger partial charge in [0.1, 0.15) is 18.1 Å². The van der Waals surface area contributed by atoms with E-state index in [4.69, 9.17) is 9.15 Å². The van der Waals surface area contributed by atoms with Crippen LogP contribution in [-0.4, -0.2) is 5.91 Å². The van der Waals surface area contributed by atoms with Crippen molar-refractivity contribution in [3.8, 4) is 5.75 Å². The lowest BCUT2D eigenvalue weighted by molar-refractivity contribution is 0.0903. The monoisotopic (exact) mass is 441 g/mol. The third kappa shape index (κ3) is 5.46. The predicted octanol–water partition coefficient (Wildman–Crippen LogP) is 7.41. The normalized spacial score (nSPS) is 12.9. The van der Waals surface area contributed by atoms with Crippen molar-refractivity contribution in [2.75, 3.05) is 0 Å². The highest BCUT2D eigenvalue weighted by Crippen LogP contribution is 2.24. The van der Waals surface area contributed by atoms with Crippen molar-refractivity contribution in [1.82, 2.24) is 5.32 Å². The number of carbonyl (C=O) groups excluding carboxylic acids is 1. The number of hydrogen-bond acceptors (Lipinski definition) is 3. The summed E-state index contributed by atoms with van der Waals surface area (Å²) in [4.78, 5) is 12.8. The second-order valence-corrected chi connectivity index (χ2v) is 8.47. The molecule has 2 unspecified atom stereocenters. The summed E-state index contributed by atoms with van der Waals surface area (Å²) >= 11 is 0. The summed E-state index contributed by atoms with van der Waals surface area (Å²) in [5.41, 5.74) is 2.42. The first-order valence-electron chi connectivity index (χ1n) is 11.7. The number of amides is 1. The molecular weight excluding hydrogens is 410 g/mol. The SMILES string of the molecule is CCC(C)c1ccc(C(CC)NC(=O)c2ccc(COc3ccc4ccccc4c3)o2)cc1. The van der Waals surface area contributed by atoms with E-state index in [1.165, 1.54) is 10.9 Å². The molecule has 0 aliphatic heterocycles. The van der Waals surface area contributed by atoms with E-state index in [0.717, 1.165) is 29.5 Å². The van der Waals surface area contributed by atoms with Crippen LogP contribution in [-0.2, 0) is 6.61 Å². The van der Waals surface area contributed by atoms with Crippen molar-refractivity contribution in [3.63, 3.8) is 0 Å². The highest BCUT2D eigenvalue weighted by molar-refractivity contribution is 5.91. The van der Waals surface area contributed by atoms with Gasteiger partial charge < -0.3 is 14.5 Å². The van der Waals surface area contributed by atoms with E-state index in [9.17, 15) is 4.79 Å². The molecule has 1 heterocycles. The number of fused-ring (bicyclic) bond motifs is 1. The lowest BCUT2D eigenvalue weighted by Gasteiger charge is -2.18. The summed E-state index contributed by atoms with van der Waals surface area (Å²) in [5.74, 6) is 1.99. The average Bonchev–Trinajstić information content (AvgIpc) is 3.35. The van der Waals surface area contributed by atoms with Crippen molar-refractivity contribution >= 4 is 16.7 Å². The van der Waals surface area contributed by atoms with Gasteiger partial charge in [-0.05, 0) is 64.9 Å². The summed E-state index contributed by atoms with van der Waals surface area (Å²) in [7, 11) is 0. The van der Waals surface area contributed by atoms with Gasteiger partial charge in [0, 0.05) is 0 Å². The van der Waals surface area contributed by atoms with E-state index in [0.29, 0.717) is 17.4 Å². The third-order valence-electron chi connectivity index (χ3n) is 6.22. The molecule has 0 saturated carbocycles. The van der Waals surface area contributed by atoms with Gasteiger partial charge in [0.25, 0.3) is 5.91 Å². The minimum absolute atomic E-state index is 0.0640. The first kappa shape index (κ1) is 22.7. The average molecular weight is 442 g/mol. The number of nitrogens with one attached hydrogen (secondary N) is 1. The molecule has 0 spiro atoms. The first-order valence-corrected chi connectivity index (χ1v) is 11.7. The molecule has 33 heavy (non-hydrogen) atoms.